The van der Waals surface area contributed by atoms with Crippen molar-refractivity contribution in [2.24, 2.45) is 5.92 Å². The monoisotopic (exact) mass is 330 g/mol. The standard InChI is InChI=1S/C19H23FN2O2/c20-16-4-1-3-14(11-16)15-8-10-21(12-15)19(24)17-5-2-9-22(17)18(23)13-6-7-13/h1,3-4,11,13,15,17H,2,5-10,12H2. The summed E-state index contributed by atoms with van der Waals surface area (Å²) in [6.45, 7) is 2.04. The zero-order valence-electron chi connectivity index (χ0n) is 13.8. The van der Waals surface area contributed by atoms with Crippen molar-refractivity contribution in [3.8, 4) is 0 Å². The number of amides is 2. The Hall–Kier alpha value is -1.91. The fourth-order valence-electron chi connectivity index (χ4n) is 4.06. The summed E-state index contributed by atoms with van der Waals surface area (Å²) in [6.07, 6.45) is 4.50. The molecule has 5 heteroatoms. The molecule has 2 atom stereocenters. The normalized spacial score (nSPS) is 26.9. The number of hydrogen-bond acceptors (Lipinski definition) is 2. The van der Waals surface area contributed by atoms with E-state index in [2.05, 4.69) is 0 Å². The molecule has 2 unspecified atom stereocenters. The van der Waals surface area contributed by atoms with Crippen molar-refractivity contribution in [1.29, 1.82) is 0 Å². The molecule has 0 spiro atoms. The van der Waals surface area contributed by atoms with Gasteiger partial charge in [0.15, 0.2) is 0 Å². The number of carbonyl (C=O) groups excluding carboxylic acids is 2. The molecule has 1 aromatic rings. The molecular formula is C19H23FN2O2. The zero-order valence-corrected chi connectivity index (χ0v) is 13.8. The number of nitrogens with zero attached hydrogens (tertiary/aromatic N) is 2. The third kappa shape index (κ3) is 2.92. The molecule has 3 aliphatic rings. The predicted octanol–water partition coefficient (Wildman–Crippen LogP) is 2.54. The van der Waals surface area contributed by atoms with Gasteiger partial charge in [0.05, 0.1) is 0 Å². The maximum atomic E-state index is 13.4. The van der Waals surface area contributed by atoms with Gasteiger partial charge in [-0.3, -0.25) is 9.59 Å². The molecule has 4 rings (SSSR count). The molecular weight excluding hydrogens is 307 g/mol. The molecule has 1 aliphatic carbocycles. The van der Waals surface area contributed by atoms with Crippen LogP contribution in [0, 0.1) is 11.7 Å². The summed E-state index contributed by atoms with van der Waals surface area (Å²) in [6, 6.07) is 6.39. The van der Waals surface area contributed by atoms with E-state index < -0.39 is 0 Å². The Morgan fingerprint density at radius 1 is 1.04 bits per heavy atom. The van der Waals surface area contributed by atoms with Gasteiger partial charge in [0.2, 0.25) is 11.8 Å². The SMILES string of the molecule is O=C(C1CCCN1C(=O)C1CC1)N1CCC(c2cccc(F)c2)C1. The predicted molar refractivity (Wildman–Crippen MR) is 87.8 cm³/mol. The summed E-state index contributed by atoms with van der Waals surface area (Å²) < 4.78 is 13.4. The van der Waals surface area contributed by atoms with Crippen molar-refractivity contribution in [3.63, 3.8) is 0 Å². The molecule has 128 valence electrons. The van der Waals surface area contributed by atoms with E-state index in [4.69, 9.17) is 0 Å². The minimum Gasteiger partial charge on any atom is -0.340 e. The third-order valence-electron chi connectivity index (χ3n) is 5.57. The zero-order chi connectivity index (χ0) is 16.7. The van der Waals surface area contributed by atoms with Gasteiger partial charge in [-0.05, 0) is 49.8 Å². The third-order valence-corrected chi connectivity index (χ3v) is 5.57. The second-order valence-corrected chi connectivity index (χ2v) is 7.29. The van der Waals surface area contributed by atoms with Gasteiger partial charge in [-0.1, -0.05) is 12.1 Å². The number of carbonyl (C=O) groups is 2. The molecule has 2 amide bonds. The van der Waals surface area contributed by atoms with Gasteiger partial charge in [0.1, 0.15) is 11.9 Å². The molecule has 1 aromatic carbocycles. The molecule has 0 bridgehead atoms. The van der Waals surface area contributed by atoms with E-state index in [0.717, 1.165) is 37.7 Å². The van der Waals surface area contributed by atoms with E-state index >= 15 is 0 Å². The van der Waals surface area contributed by atoms with Crippen LogP contribution in [0.5, 0.6) is 0 Å². The van der Waals surface area contributed by atoms with Crippen LogP contribution >= 0.6 is 0 Å². The lowest BCUT2D eigenvalue weighted by molar-refractivity contribution is -0.143. The number of likely N-dealkylation sites (tertiary alicyclic amines) is 2. The highest BCUT2D eigenvalue weighted by Crippen LogP contribution is 2.35. The van der Waals surface area contributed by atoms with Crippen molar-refractivity contribution in [2.75, 3.05) is 19.6 Å². The Bertz CT molecular complexity index is 659. The van der Waals surface area contributed by atoms with Crippen LogP contribution in [0.25, 0.3) is 0 Å². The highest BCUT2D eigenvalue weighted by molar-refractivity contribution is 5.90. The largest absolute Gasteiger partial charge is 0.340 e. The smallest absolute Gasteiger partial charge is 0.245 e. The van der Waals surface area contributed by atoms with Crippen LogP contribution in [0.4, 0.5) is 4.39 Å². The topological polar surface area (TPSA) is 40.6 Å². The van der Waals surface area contributed by atoms with Crippen LogP contribution in [0.2, 0.25) is 0 Å². The molecule has 0 radical (unpaired) electrons. The van der Waals surface area contributed by atoms with Crippen molar-refractivity contribution in [3.05, 3.63) is 35.6 Å². The van der Waals surface area contributed by atoms with E-state index in [1.807, 2.05) is 15.9 Å². The summed E-state index contributed by atoms with van der Waals surface area (Å²) in [5.41, 5.74) is 0.961. The Morgan fingerprint density at radius 2 is 1.88 bits per heavy atom. The summed E-state index contributed by atoms with van der Waals surface area (Å²) >= 11 is 0. The molecule has 0 N–H and O–H groups in total. The van der Waals surface area contributed by atoms with Gasteiger partial charge in [-0.25, -0.2) is 4.39 Å². The number of hydrogen-bond donors (Lipinski definition) is 0. The van der Waals surface area contributed by atoms with E-state index in [1.54, 1.807) is 12.1 Å². The van der Waals surface area contributed by atoms with Crippen LogP contribution in [0.15, 0.2) is 24.3 Å². The molecule has 3 fully saturated rings. The molecule has 1 saturated carbocycles. The van der Waals surface area contributed by atoms with E-state index in [0.29, 0.717) is 19.6 Å². The molecule has 2 saturated heterocycles. The lowest BCUT2D eigenvalue weighted by atomic mass is 9.98. The van der Waals surface area contributed by atoms with Crippen LogP contribution < -0.4 is 0 Å². The molecule has 2 heterocycles. The first-order valence-electron chi connectivity index (χ1n) is 8.98. The average molecular weight is 330 g/mol. The Balaban J connectivity index is 1.42. The second kappa shape index (κ2) is 6.19. The quantitative estimate of drug-likeness (QED) is 0.854. The van der Waals surface area contributed by atoms with Crippen LogP contribution in [0.1, 0.15) is 43.6 Å². The van der Waals surface area contributed by atoms with Crippen LogP contribution in [-0.2, 0) is 9.59 Å². The number of halogens is 1. The number of benzene rings is 1. The Morgan fingerprint density at radius 3 is 2.62 bits per heavy atom. The first-order chi connectivity index (χ1) is 11.6. The minimum absolute atomic E-state index is 0.0837. The summed E-state index contributed by atoms with van der Waals surface area (Å²) in [5.74, 6) is 0.386. The van der Waals surface area contributed by atoms with Gasteiger partial charge >= 0.3 is 0 Å². The highest BCUT2D eigenvalue weighted by Gasteiger charge is 2.43. The fraction of sp³-hybridized carbons (Fsp3) is 0.579. The van der Waals surface area contributed by atoms with Crippen LogP contribution in [0.3, 0.4) is 0 Å². The van der Waals surface area contributed by atoms with E-state index in [1.165, 1.54) is 6.07 Å². The molecule has 2 aliphatic heterocycles. The fourth-order valence-corrected chi connectivity index (χ4v) is 4.06. The van der Waals surface area contributed by atoms with Crippen molar-refractivity contribution in [2.45, 2.75) is 44.1 Å². The van der Waals surface area contributed by atoms with Gasteiger partial charge in [-0.15, -0.1) is 0 Å². The maximum absolute atomic E-state index is 13.4. The van der Waals surface area contributed by atoms with E-state index in [-0.39, 0.29) is 35.5 Å². The van der Waals surface area contributed by atoms with Gasteiger partial charge in [-0.2, -0.15) is 0 Å². The molecule has 24 heavy (non-hydrogen) atoms. The minimum atomic E-state index is -0.274. The Kier molecular flexibility index (Phi) is 4.02. The summed E-state index contributed by atoms with van der Waals surface area (Å²) in [7, 11) is 0. The molecule has 4 nitrogen and oxygen atoms in total. The van der Waals surface area contributed by atoms with Crippen molar-refractivity contribution in [1.82, 2.24) is 9.80 Å². The van der Waals surface area contributed by atoms with Gasteiger partial charge < -0.3 is 9.80 Å². The van der Waals surface area contributed by atoms with Gasteiger partial charge in [0, 0.05) is 31.5 Å². The Labute approximate surface area is 141 Å². The van der Waals surface area contributed by atoms with Crippen molar-refractivity contribution < 1.29 is 14.0 Å². The summed E-state index contributed by atoms with van der Waals surface area (Å²) in [5, 5.41) is 0. The average Bonchev–Trinajstić information content (AvgIpc) is 3.12. The van der Waals surface area contributed by atoms with E-state index in [9.17, 15) is 14.0 Å². The first kappa shape index (κ1) is 15.6. The lowest BCUT2D eigenvalue weighted by Gasteiger charge is -2.28. The maximum Gasteiger partial charge on any atom is 0.245 e. The van der Waals surface area contributed by atoms with Gasteiger partial charge in [0.25, 0.3) is 0 Å². The van der Waals surface area contributed by atoms with Crippen LogP contribution in [-0.4, -0.2) is 47.3 Å². The highest BCUT2D eigenvalue weighted by atomic mass is 19.1. The number of rotatable bonds is 3. The second-order valence-electron chi connectivity index (χ2n) is 7.29. The summed E-state index contributed by atoms with van der Waals surface area (Å²) in [4.78, 5) is 29.0. The van der Waals surface area contributed by atoms with Crippen molar-refractivity contribution >= 4 is 11.8 Å². The molecule has 0 aromatic heterocycles. The lowest BCUT2D eigenvalue weighted by Crippen LogP contribution is -2.47. The first-order valence-corrected chi connectivity index (χ1v) is 8.98.